The molecule has 2 atom stereocenters. The number of sulfone groups is 1. The van der Waals surface area contributed by atoms with E-state index in [9.17, 15) is 8.42 Å². The Kier molecular flexibility index (Phi) is 8.19. The average molecular weight is 519 g/mol. The lowest BCUT2D eigenvalue weighted by Gasteiger charge is -2.37. The van der Waals surface area contributed by atoms with E-state index in [2.05, 4.69) is 60.7 Å². The number of benzene rings is 1. The minimum absolute atomic E-state index is 0. The van der Waals surface area contributed by atoms with E-state index in [1.807, 2.05) is 0 Å². The lowest BCUT2D eigenvalue weighted by atomic mass is 9.69. The molecular formula is C21H34IN3O2S. The van der Waals surface area contributed by atoms with Gasteiger partial charge in [-0.25, -0.2) is 8.42 Å². The molecule has 7 heteroatoms. The van der Waals surface area contributed by atoms with Gasteiger partial charge in [-0.2, -0.15) is 0 Å². The number of aliphatic imine (C=N–C) groups is 1. The van der Waals surface area contributed by atoms with Gasteiger partial charge in [0.15, 0.2) is 15.8 Å². The number of guanidine groups is 1. The Morgan fingerprint density at radius 1 is 1.21 bits per heavy atom. The zero-order valence-corrected chi connectivity index (χ0v) is 20.3. The van der Waals surface area contributed by atoms with Gasteiger partial charge < -0.3 is 10.6 Å². The number of halogens is 1. The van der Waals surface area contributed by atoms with E-state index in [1.165, 1.54) is 17.5 Å². The molecule has 158 valence electrons. The number of hydrogen-bond donors (Lipinski definition) is 2. The van der Waals surface area contributed by atoms with E-state index in [-0.39, 0.29) is 41.1 Å². The normalized spacial score (nSPS) is 25.5. The fourth-order valence-corrected chi connectivity index (χ4v) is 6.15. The van der Waals surface area contributed by atoms with Crippen LogP contribution in [0.2, 0.25) is 0 Å². The molecule has 1 heterocycles. The largest absolute Gasteiger partial charge is 0.357 e. The Labute approximate surface area is 187 Å². The lowest BCUT2D eigenvalue weighted by molar-refractivity contribution is 0.389. The van der Waals surface area contributed by atoms with Gasteiger partial charge in [0.1, 0.15) is 0 Å². The highest BCUT2D eigenvalue weighted by Gasteiger charge is 2.32. The minimum Gasteiger partial charge on any atom is -0.357 e. The minimum atomic E-state index is -2.84. The van der Waals surface area contributed by atoms with E-state index in [4.69, 9.17) is 0 Å². The molecule has 2 N–H and O–H groups in total. The van der Waals surface area contributed by atoms with Crippen molar-refractivity contribution in [3.8, 4) is 0 Å². The summed E-state index contributed by atoms with van der Waals surface area (Å²) in [6.45, 7) is 8.93. The molecule has 2 unspecified atom stereocenters. The molecule has 2 aliphatic rings. The van der Waals surface area contributed by atoms with Crippen LogP contribution < -0.4 is 10.6 Å². The molecule has 0 amide bonds. The monoisotopic (exact) mass is 519 g/mol. The summed E-state index contributed by atoms with van der Waals surface area (Å²) in [5.41, 5.74) is 3.14. The van der Waals surface area contributed by atoms with Crippen LogP contribution in [0.5, 0.6) is 0 Å². The fraction of sp³-hybridized carbons (Fsp3) is 0.667. The lowest BCUT2D eigenvalue weighted by Crippen LogP contribution is -2.41. The summed E-state index contributed by atoms with van der Waals surface area (Å²) in [7, 11) is -2.84. The van der Waals surface area contributed by atoms with E-state index in [0.717, 1.165) is 31.9 Å². The van der Waals surface area contributed by atoms with Crippen molar-refractivity contribution in [1.82, 2.24) is 10.6 Å². The molecule has 1 aliphatic carbocycles. The van der Waals surface area contributed by atoms with Crippen LogP contribution in [0.25, 0.3) is 0 Å². The van der Waals surface area contributed by atoms with Gasteiger partial charge in [0, 0.05) is 25.6 Å². The van der Waals surface area contributed by atoms with Gasteiger partial charge in [-0.3, -0.25) is 4.99 Å². The number of nitrogens with zero attached hydrogens (tertiary/aromatic N) is 1. The Hall–Kier alpha value is -0.830. The third kappa shape index (κ3) is 5.84. The van der Waals surface area contributed by atoms with Crippen molar-refractivity contribution in [2.45, 2.75) is 51.4 Å². The number of fused-ring (bicyclic) bond motifs is 1. The van der Waals surface area contributed by atoms with Crippen molar-refractivity contribution in [2.24, 2.45) is 10.9 Å². The molecule has 0 spiro atoms. The second-order valence-corrected chi connectivity index (χ2v) is 10.8. The molecule has 3 rings (SSSR count). The van der Waals surface area contributed by atoms with Gasteiger partial charge >= 0.3 is 0 Å². The summed E-state index contributed by atoms with van der Waals surface area (Å²) in [6.07, 6.45) is 3.08. The second-order valence-electron chi connectivity index (χ2n) is 8.58. The smallest absolute Gasteiger partial charge is 0.191 e. The average Bonchev–Trinajstić information content (AvgIpc) is 2.98. The third-order valence-electron chi connectivity index (χ3n) is 5.94. The molecular weight excluding hydrogens is 485 g/mol. The molecule has 1 aliphatic heterocycles. The van der Waals surface area contributed by atoms with Gasteiger partial charge in [-0.1, -0.05) is 38.1 Å². The molecule has 0 saturated carbocycles. The number of rotatable bonds is 5. The SMILES string of the molecule is CCNC(=NCC1CCS(=O)(=O)C1)NCC1CCC(C)(C)c2ccccc21.I. The summed E-state index contributed by atoms with van der Waals surface area (Å²) >= 11 is 0. The first-order chi connectivity index (χ1) is 12.8. The zero-order valence-electron chi connectivity index (χ0n) is 17.2. The molecule has 0 radical (unpaired) electrons. The summed E-state index contributed by atoms with van der Waals surface area (Å²) < 4.78 is 23.3. The first kappa shape index (κ1) is 23.4. The maximum atomic E-state index is 11.6. The van der Waals surface area contributed by atoms with Crippen LogP contribution in [0.4, 0.5) is 0 Å². The summed E-state index contributed by atoms with van der Waals surface area (Å²) in [4.78, 5) is 4.66. The van der Waals surface area contributed by atoms with Crippen molar-refractivity contribution < 1.29 is 8.42 Å². The molecule has 1 aromatic rings. The van der Waals surface area contributed by atoms with Crippen LogP contribution in [0, 0.1) is 5.92 Å². The first-order valence-corrected chi connectivity index (χ1v) is 11.9. The second kappa shape index (κ2) is 9.78. The Morgan fingerprint density at radius 3 is 2.64 bits per heavy atom. The van der Waals surface area contributed by atoms with Gasteiger partial charge in [0.05, 0.1) is 11.5 Å². The van der Waals surface area contributed by atoms with E-state index >= 15 is 0 Å². The van der Waals surface area contributed by atoms with Crippen LogP contribution in [0.15, 0.2) is 29.3 Å². The number of hydrogen-bond acceptors (Lipinski definition) is 3. The molecule has 5 nitrogen and oxygen atoms in total. The maximum Gasteiger partial charge on any atom is 0.191 e. The van der Waals surface area contributed by atoms with Crippen molar-refractivity contribution in [2.75, 3.05) is 31.1 Å². The van der Waals surface area contributed by atoms with Crippen molar-refractivity contribution in [1.29, 1.82) is 0 Å². The van der Waals surface area contributed by atoms with Crippen LogP contribution in [-0.4, -0.2) is 45.5 Å². The van der Waals surface area contributed by atoms with Crippen LogP contribution in [0.1, 0.15) is 57.1 Å². The van der Waals surface area contributed by atoms with Crippen molar-refractivity contribution >= 4 is 39.8 Å². The van der Waals surface area contributed by atoms with E-state index < -0.39 is 9.84 Å². The topological polar surface area (TPSA) is 70.6 Å². The van der Waals surface area contributed by atoms with Crippen LogP contribution >= 0.6 is 24.0 Å². The summed E-state index contributed by atoms with van der Waals surface area (Å²) in [5, 5.41) is 6.79. The first-order valence-electron chi connectivity index (χ1n) is 10.1. The Bertz CT molecular complexity index is 793. The molecule has 28 heavy (non-hydrogen) atoms. The quantitative estimate of drug-likeness (QED) is 0.355. The van der Waals surface area contributed by atoms with E-state index in [0.29, 0.717) is 18.2 Å². The van der Waals surface area contributed by atoms with E-state index in [1.54, 1.807) is 0 Å². The van der Waals surface area contributed by atoms with Crippen LogP contribution in [-0.2, 0) is 15.3 Å². The zero-order chi connectivity index (χ0) is 19.5. The van der Waals surface area contributed by atoms with Crippen LogP contribution in [0.3, 0.4) is 0 Å². The predicted octanol–water partition coefficient (Wildman–Crippen LogP) is 3.45. The fourth-order valence-electron chi connectivity index (χ4n) is 4.30. The standard InChI is InChI=1S/C21H33N3O2S.HI/c1-4-22-20(23-13-16-10-12-27(25,26)15-16)24-14-17-9-11-21(2,3)19-8-6-5-7-18(17)19;/h5-8,16-17H,4,9-15H2,1-3H3,(H2,22,23,24);1H. The highest BCUT2D eigenvalue weighted by Crippen LogP contribution is 2.42. The molecule has 1 fully saturated rings. The Morgan fingerprint density at radius 2 is 1.96 bits per heavy atom. The summed E-state index contributed by atoms with van der Waals surface area (Å²) in [6, 6.07) is 8.79. The molecule has 0 aromatic heterocycles. The van der Waals surface area contributed by atoms with Crippen molar-refractivity contribution in [3.63, 3.8) is 0 Å². The summed E-state index contributed by atoms with van der Waals surface area (Å²) in [5.74, 6) is 2.02. The van der Waals surface area contributed by atoms with Gasteiger partial charge in [0.2, 0.25) is 0 Å². The van der Waals surface area contributed by atoms with Gasteiger partial charge in [-0.05, 0) is 48.6 Å². The number of nitrogens with one attached hydrogen (secondary N) is 2. The third-order valence-corrected chi connectivity index (χ3v) is 7.78. The molecule has 1 saturated heterocycles. The predicted molar refractivity (Wildman–Crippen MR) is 128 cm³/mol. The van der Waals surface area contributed by atoms with Crippen molar-refractivity contribution in [3.05, 3.63) is 35.4 Å². The molecule has 1 aromatic carbocycles. The maximum absolute atomic E-state index is 11.6. The Balaban J connectivity index is 0.00000280. The van der Waals surface area contributed by atoms with Gasteiger partial charge in [0.25, 0.3) is 0 Å². The highest BCUT2D eigenvalue weighted by molar-refractivity contribution is 14.0. The molecule has 0 bridgehead atoms. The highest BCUT2D eigenvalue weighted by atomic mass is 127. The van der Waals surface area contributed by atoms with Gasteiger partial charge in [-0.15, -0.1) is 24.0 Å².